The highest BCUT2D eigenvalue weighted by molar-refractivity contribution is 5.32. The molecule has 23 heavy (non-hydrogen) atoms. The number of aryl methyl sites for hydroxylation is 2. The molecule has 1 atom stereocenters. The second-order valence-electron chi connectivity index (χ2n) is 6.45. The van der Waals surface area contributed by atoms with E-state index in [2.05, 4.69) is 19.8 Å². The Bertz CT molecular complexity index is 477. The highest BCUT2D eigenvalue weighted by Crippen LogP contribution is 2.15. The summed E-state index contributed by atoms with van der Waals surface area (Å²) in [6.45, 7) is 10.6. The molecule has 128 valence electrons. The van der Waals surface area contributed by atoms with Gasteiger partial charge in [0.2, 0.25) is 5.95 Å². The molecule has 3 heterocycles. The average molecular weight is 320 g/mol. The Morgan fingerprint density at radius 2 is 1.87 bits per heavy atom. The second kappa shape index (κ2) is 8.04. The van der Waals surface area contributed by atoms with Gasteiger partial charge in [0.25, 0.3) is 0 Å². The molecule has 1 unspecified atom stereocenters. The summed E-state index contributed by atoms with van der Waals surface area (Å²) in [7, 11) is 0. The first-order valence-electron chi connectivity index (χ1n) is 8.73. The van der Waals surface area contributed by atoms with Gasteiger partial charge in [-0.05, 0) is 39.2 Å². The summed E-state index contributed by atoms with van der Waals surface area (Å²) in [4.78, 5) is 13.8. The lowest BCUT2D eigenvalue weighted by Crippen LogP contribution is -2.48. The van der Waals surface area contributed by atoms with Crippen LogP contribution in [0.25, 0.3) is 0 Å². The van der Waals surface area contributed by atoms with E-state index in [0.29, 0.717) is 0 Å². The summed E-state index contributed by atoms with van der Waals surface area (Å²) >= 11 is 0. The zero-order valence-corrected chi connectivity index (χ0v) is 14.3. The van der Waals surface area contributed by atoms with E-state index in [1.54, 1.807) is 0 Å². The van der Waals surface area contributed by atoms with Crippen molar-refractivity contribution in [1.82, 2.24) is 14.9 Å². The molecule has 3 rings (SSSR count). The molecule has 6 nitrogen and oxygen atoms in total. The minimum Gasteiger partial charge on any atom is -0.353 e. The molecule has 0 radical (unpaired) electrons. The van der Waals surface area contributed by atoms with Gasteiger partial charge in [-0.3, -0.25) is 4.90 Å². The van der Waals surface area contributed by atoms with Gasteiger partial charge >= 0.3 is 0 Å². The normalized spacial score (nSPS) is 23.2. The monoisotopic (exact) mass is 320 g/mol. The van der Waals surface area contributed by atoms with Crippen LogP contribution in [0.4, 0.5) is 5.95 Å². The lowest BCUT2D eigenvalue weighted by molar-refractivity contribution is -0.164. The topological polar surface area (TPSA) is 50.7 Å². The van der Waals surface area contributed by atoms with Crippen LogP contribution in [0.5, 0.6) is 0 Å². The minimum atomic E-state index is 0.0220. The smallest absolute Gasteiger partial charge is 0.225 e. The fourth-order valence-electron chi connectivity index (χ4n) is 3.18. The number of rotatable bonds is 5. The lowest BCUT2D eigenvalue weighted by atomic mass is 10.2. The zero-order valence-electron chi connectivity index (χ0n) is 14.3. The molecule has 1 aromatic heterocycles. The van der Waals surface area contributed by atoms with Crippen LogP contribution in [-0.2, 0) is 9.47 Å². The van der Waals surface area contributed by atoms with Gasteiger partial charge in [0, 0.05) is 50.7 Å². The SMILES string of the molecule is Cc1cc(C)nc(N2CCN(CCOC3CCCCO3)CC2)n1. The molecule has 6 heteroatoms. The van der Waals surface area contributed by atoms with Crippen molar-refractivity contribution in [2.75, 3.05) is 50.8 Å². The van der Waals surface area contributed by atoms with E-state index in [9.17, 15) is 0 Å². The Morgan fingerprint density at radius 3 is 2.52 bits per heavy atom. The van der Waals surface area contributed by atoms with E-state index in [1.165, 1.54) is 12.8 Å². The van der Waals surface area contributed by atoms with Gasteiger partial charge in [-0.25, -0.2) is 9.97 Å². The molecular formula is C17H28N4O2. The van der Waals surface area contributed by atoms with E-state index in [-0.39, 0.29) is 6.29 Å². The highest BCUT2D eigenvalue weighted by atomic mass is 16.7. The second-order valence-corrected chi connectivity index (χ2v) is 6.45. The fourth-order valence-corrected chi connectivity index (χ4v) is 3.18. The number of hydrogen-bond donors (Lipinski definition) is 0. The summed E-state index contributed by atoms with van der Waals surface area (Å²) in [5.41, 5.74) is 2.08. The molecule has 0 saturated carbocycles. The Balaban J connectivity index is 1.39. The van der Waals surface area contributed by atoms with Crippen molar-refractivity contribution < 1.29 is 9.47 Å². The van der Waals surface area contributed by atoms with E-state index in [1.807, 2.05) is 19.9 Å². The predicted molar refractivity (Wildman–Crippen MR) is 89.7 cm³/mol. The molecule has 1 aromatic rings. The lowest BCUT2D eigenvalue weighted by Gasteiger charge is -2.35. The third-order valence-corrected chi connectivity index (χ3v) is 4.47. The van der Waals surface area contributed by atoms with Crippen molar-refractivity contribution in [1.29, 1.82) is 0 Å². The van der Waals surface area contributed by atoms with E-state index < -0.39 is 0 Å². The van der Waals surface area contributed by atoms with Crippen LogP contribution in [0.2, 0.25) is 0 Å². The van der Waals surface area contributed by atoms with Crippen LogP contribution in [0, 0.1) is 13.8 Å². The number of nitrogens with zero attached hydrogens (tertiary/aromatic N) is 4. The van der Waals surface area contributed by atoms with Gasteiger partial charge < -0.3 is 14.4 Å². The van der Waals surface area contributed by atoms with Crippen LogP contribution >= 0.6 is 0 Å². The van der Waals surface area contributed by atoms with Gasteiger partial charge in [0.1, 0.15) is 0 Å². The van der Waals surface area contributed by atoms with Crippen LogP contribution in [0.1, 0.15) is 30.7 Å². The molecule has 2 aliphatic heterocycles. The molecule has 0 amide bonds. The Kier molecular flexibility index (Phi) is 5.80. The third kappa shape index (κ3) is 4.86. The van der Waals surface area contributed by atoms with E-state index >= 15 is 0 Å². The van der Waals surface area contributed by atoms with Gasteiger partial charge in [0.15, 0.2) is 6.29 Å². The van der Waals surface area contributed by atoms with Gasteiger partial charge in [-0.15, -0.1) is 0 Å². The van der Waals surface area contributed by atoms with Crippen LogP contribution in [-0.4, -0.2) is 67.1 Å². The third-order valence-electron chi connectivity index (χ3n) is 4.47. The number of piperazine rings is 1. The molecule has 0 bridgehead atoms. The molecule has 2 fully saturated rings. The quantitative estimate of drug-likeness (QED) is 0.824. The molecule has 0 aliphatic carbocycles. The van der Waals surface area contributed by atoms with Crippen molar-refractivity contribution in [3.05, 3.63) is 17.5 Å². The summed E-state index contributed by atoms with van der Waals surface area (Å²) in [5, 5.41) is 0. The zero-order chi connectivity index (χ0) is 16.1. The standard InChI is InChI=1S/C17H28N4O2/c1-14-13-15(2)19-17(18-14)21-8-6-20(7-9-21)10-12-23-16-5-3-4-11-22-16/h13,16H,3-12H2,1-2H3. The van der Waals surface area contributed by atoms with Gasteiger partial charge in [-0.2, -0.15) is 0 Å². The maximum atomic E-state index is 5.83. The molecule has 2 saturated heterocycles. The van der Waals surface area contributed by atoms with Crippen LogP contribution in [0.15, 0.2) is 6.07 Å². The molecule has 0 N–H and O–H groups in total. The number of anilines is 1. The summed E-state index contributed by atoms with van der Waals surface area (Å²) < 4.78 is 11.4. The summed E-state index contributed by atoms with van der Waals surface area (Å²) in [5.74, 6) is 0.869. The van der Waals surface area contributed by atoms with Gasteiger partial charge in [0.05, 0.1) is 6.61 Å². The fraction of sp³-hybridized carbons (Fsp3) is 0.765. The molecule has 0 spiro atoms. The average Bonchev–Trinajstić information content (AvgIpc) is 2.56. The van der Waals surface area contributed by atoms with Crippen molar-refractivity contribution >= 4 is 5.95 Å². The van der Waals surface area contributed by atoms with Crippen molar-refractivity contribution in [3.8, 4) is 0 Å². The maximum Gasteiger partial charge on any atom is 0.225 e. The summed E-state index contributed by atoms with van der Waals surface area (Å²) in [6, 6.07) is 2.02. The van der Waals surface area contributed by atoms with E-state index in [0.717, 1.165) is 69.7 Å². The number of hydrogen-bond acceptors (Lipinski definition) is 6. The first-order valence-corrected chi connectivity index (χ1v) is 8.73. The number of ether oxygens (including phenoxy) is 2. The highest BCUT2D eigenvalue weighted by Gasteiger charge is 2.20. The van der Waals surface area contributed by atoms with Crippen molar-refractivity contribution in [2.24, 2.45) is 0 Å². The largest absolute Gasteiger partial charge is 0.353 e. The van der Waals surface area contributed by atoms with Crippen LogP contribution in [0.3, 0.4) is 0 Å². The molecular weight excluding hydrogens is 292 g/mol. The molecule has 0 aromatic carbocycles. The Hall–Kier alpha value is -1.24. The van der Waals surface area contributed by atoms with Crippen molar-refractivity contribution in [3.63, 3.8) is 0 Å². The summed E-state index contributed by atoms with van der Waals surface area (Å²) in [6.07, 6.45) is 3.45. The van der Waals surface area contributed by atoms with Crippen molar-refractivity contribution in [2.45, 2.75) is 39.4 Å². The van der Waals surface area contributed by atoms with E-state index in [4.69, 9.17) is 9.47 Å². The Morgan fingerprint density at radius 1 is 1.13 bits per heavy atom. The minimum absolute atomic E-state index is 0.0220. The first-order chi connectivity index (χ1) is 11.2. The molecule has 2 aliphatic rings. The van der Waals surface area contributed by atoms with Gasteiger partial charge in [-0.1, -0.05) is 0 Å². The first kappa shape index (κ1) is 16.6. The van der Waals surface area contributed by atoms with Crippen LogP contribution < -0.4 is 4.90 Å². The Labute approximate surface area is 138 Å². The maximum absolute atomic E-state index is 5.83. The predicted octanol–water partition coefficient (Wildman–Crippen LogP) is 1.76. The number of aromatic nitrogens is 2.